The van der Waals surface area contributed by atoms with Crippen molar-refractivity contribution in [2.24, 2.45) is 0 Å². The number of H-pyrrole nitrogens is 2. The topological polar surface area (TPSA) is 111 Å². The molecule has 0 fully saturated rings. The van der Waals surface area contributed by atoms with Crippen LogP contribution in [0.5, 0.6) is 0 Å². The van der Waals surface area contributed by atoms with Gasteiger partial charge in [0.1, 0.15) is 0 Å². The number of nitrogens with zero attached hydrogens (tertiary/aromatic N) is 6. The summed E-state index contributed by atoms with van der Waals surface area (Å²) in [6.07, 6.45) is 6.65. The molecule has 13 aromatic rings. The van der Waals surface area contributed by atoms with E-state index in [0.717, 1.165) is 236 Å². The Kier molecular flexibility index (Phi) is 30.3. The van der Waals surface area contributed by atoms with Crippen molar-refractivity contribution >= 4 is 96.0 Å². The van der Waals surface area contributed by atoms with E-state index in [1.165, 1.54) is 106 Å². The van der Waals surface area contributed by atoms with Gasteiger partial charge in [0, 0.05) is 66.7 Å². The average Bonchev–Trinajstić information content (AvgIpc) is 1.58. The first-order chi connectivity index (χ1) is 67.8. The predicted octanol–water partition coefficient (Wildman–Crippen LogP) is 33.8. The minimum atomic E-state index is -6.00. The molecule has 4 aliphatic rings. The van der Waals surface area contributed by atoms with Crippen LogP contribution in [0.15, 0.2) is 182 Å². The smallest absolute Gasteiger partial charge is 0.657 e. The minimum absolute atomic E-state index is 0. The summed E-state index contributed by atoms with van der Waals surface area (Å²) < 4.78 is 39.0. The third kappa shape index (κ3) is 21.4. The molecule has 16 bridgehead atoms. The van der Waals surface area contributed by atoms with Crippen molar-refractivity contribution < 1.29 is 39.6 Å². The van der Waals surface area contributed by atoms with Crippen LogP contribution < -0.4 is 9.97 Å². The Balaban J connectivity index is 0.00000254. The van der Waals surface area contributed by atoms with Gasteiger partial charge in [-0.3, -0.25) is 0 Å². The van der Waals surface area contributed by atoms with E-state index in [0.29, 0.717) is 0 Å². The quantitative estimate of drug-likeness (QED) is 0.0716. The van der Waals surface area contributed by atoms with Crippen molar-refractivity contribution in [1.82, 2.24) is 39.9 Å². The number of halogens is 4. The van der Waals surface area contributed by atoms with Crippen LogP contribution in [0.2, 0.25) is 0 Å². The van der Waals surface area contributed by atoms with Gasteiger partial charge in [-0.2, -0.15) is 0 Å². The van der Waals surface area contributed by atoms with Gasteiger partial charge in [0.25, 0.3) is 0 Å². The predicted molar refractivity (Wildman–Crippen MR) is 597 cm³/mol. The van der Waals surface area contributed by atoms with Crippen molar-refractivity contribution in [2.45, 2.75) is 267 Å². The number of benzene rings is 7. The Bertz CT molecular complexity index is 7570. The van der Waals surface area contributed by atoms with Gasteiger partial charge in [0.2, 0.25) is 0 Å². The Hall–Kier alpha value is -13.5. The largest absolute Gasteiger partial charge is 3.00 e. The maximum atomic E-state index is 9.75. The molecule has 0 unspecified atom stereocenters. The van der Waals surface area contributed by atoms with Crippen LogP contribution in [-0.2, 0) is 69.7 Å². The molecule has 0 saturated heterocycles. The number of fused-ring (bicyclic) bond motifs is 16. The molecule has 0 spiro atoms. The Morgan fingerprint density at radius 2 is 0.486 bits per heavy atom. The van der Waals surface area contributed by atoms with Crippen LogP contribution in [-0.4, -0.2) is 37.2 Å². The first-order valence-electron chi connectivity index (χ1n) is 50.9. The van der Waals surface area contributed by atoms with Gasteiger partial charge in [-0.1, -0.05) is 281 Å². The third-order valence-corrected chi connectivity index (χ3v) is 29.1. The molecule has 734 valence electrons. The van der Waals surface area contributed by atoms with Crippen molar-refractivity contribution in [1.29, 1.82) is 0 Å². The van der Waals surface area contributed by atoms with E-state index in [1.54, 1.807) is 0 Å². The van der Waals surface area contributed by atoms with Gasteiger partial charge in [-0.15, -0.1) is 22.1 Å². The number of nitrogens with one attached hydrogen (secondary N) is 2. The Morgan fingerprint density at radius 3 is 0.729 bits per heavy atom. The zero-order valence-electron chi connectivity index (χ0n) is 89.1. The van der Waals surface area contributed by atoms with Crippen LogP contribution in [0.25, 0.3) is 133 Å². The van der Waals surface area contributed by atoms with Gasteiger partial charge in [0.15, 0.2) is 0 Å². The van der Waals surface area contributed by atoms with E-state index >= 15 is 0 Å². The second-order valence-corrected chi connectivity index (χ2v) is 42.6. The number of aromatic amines is 2. The van der Waals surface area contributed by atoms with E-state index < -0.39 is 7.25 Å². The van der Waals surface area contributed by atoms with Crippen molar-refractivity contribution in [3.05, 3.63) is 339 Å². The Labute approximate surface area is 866 Å². The molecule has 4 aliphatic heterocycles. The molecule has 7 aromatic carbocycles. The molecule has 0 saturated carbocycles. The number of allylic oxidation sites excluding steroid dienone is 8. The fourth-order valence-corrected chi connectivity index (χ4v) is 20.8. The summed E-state index contributed by atoms with van der Waals surface area (Å²) in [5.41, 5.74) is 56.4. The van der Waals surface area contributed by atoms with E-state index in [-0.39, 0.29) is 44.0 Å². The number of hydrogen-bond donors (Lipinski definition) is 2. The molecule has 6 aromatic heterocycles. The second-order valence-electron chi connectivity index (χ2n) is 42.6. The number of hydrogen-bond acceptors (Lipinski definition) is 4. The second kappa shape index (κ2) is 41.7. The van der Waals surface area contributed by atoms with Gasteiger partial charge < -0.3 is 37.2 Å². The Morgan fingerprint density at radius 1 is 0.271 bits per heavy atom. The molecule has 17 rings (SSSR count). The summed E-state index contributed by atoms with van der Waals surface area (Å²) in [5.74, 6) is 27.4. The average molecular weight is 2090 g/mol. The summed E-state index contributed by atoms with van der Waals surface area (Å²) in [6, 6.07) is 65.6. The third-order valence-electron chi connectivity index (χ3n) is 29.1. The summed E-state index contributed by atoms with van der Waals surface area (Å²) >= 11 is 0. The fourth-order valence-electron chi connectivity index (χ4n) is 20.8. The summed E-state index contributed by atoms with van der Waals surface area (Å²) in [4.78, 5) is 42.6. The molecule has 0 aliphatic carbocycles. The molecular weight excluding hydrogens is 1960 g/mol. The SMILES string of the molecule is CCC1=C(C)c2nc1cc1[n-]c(c(C)c1CC)c(-c1ccc(C#Cc3ccc(C#Cc4ccc(C#Cc5ccc(C#Cc6ccc(-c7c8nc(cc9[nH]c(c(C)c9CC)c(-c9cc(C(C)(C)C)cc(C(C)(C)C)c9)c9nc(cc%10[nH]c7c(C)c%10CC)C(CC)=C9C)C(CC)=C8C)cc6)cc5)cc4)cc3)cc1)c1nc(cc3[n-]c(c(C)c3CC)c2-c2cc(C(C)(C)C)cc(C(C)(C)C)c2)C(CC)=C1C.F[B-](F)(F)F.[Au+3]. The summed E-state index contributed by atoms with van der Waals surface area (Å²) in [7, 11) is -6.00. The molecule has 0 amide bonds. The minimum Gasteiger partial charge on any atom is -0.657 e. The summed E-state index contributed by atoms with van der Waals surface area (Å²) in [5, 5.41) is 0. The molecule has 2 N–H and O–H groups in total. The normalized spacial score (nSPS) is 12.8. The number of rotatable bonds is 12. The standard InChI is InChI=1S/C130H132N8.Au.BF4/c1-29-99-75(9)119-115(120-76(10)100(30-2)108(132-120)72-112-104(34-6)80(14)124(136-112)117(123-79(13)103(33-5)111(135-123)71-107(99)131-119)93-65-95(127(17,18)19)69-96(66-93)128(20,21)22)91-61-57-89(58-62-91)55-53-87-49-45-85(46-50-87)43-41-83-37-39-84(40-38-83)42-44-86-47-51-88(52-48-86)54-56-90-59-63-92(64-60-90)116-121-77(11)101(31-3)109(133-121)73-113-105(35-7)81(15)125(137-113)118(94-67-97(129(23,24)25)70-98(68-94)130(26,27)28)126-82(16)106(36-8)114(138-126)74-110-102(32-4)78(12)122(116)134-110;;2-1(3,4)5/h37-40,45-52,57-74,131,136H,29-36H2,1-28H3;;/q-2;+3;-1. The molecule has 10 heterocycles. The van der Waals surface area contributed by atoms with Crippen LogP contribution in [0.1, 0.15) is 349 Å². The maximum Gasteiger partial charge on any atom is 3.00 e. The fraction of sp³-hybridized carbons (Fsp3) is 0.308. The van der Waals surface area contributed by atoms with E-state index in [4.69, 9.17) is 29.9 Å². The molecular formula is C130H132AuBF4N8. The molecule has 14 heteroatoms. The molecule has 144 heavy (non-hydrogen) atoms. The molecule has 0 atom stereocenters. The van der Waals surface area contributed by atoms with Crippen LogP contribution >= 0.6 is 0 Å². The van der Waals surface area contributed by atoms with Crippen LogP contribution in [0.3, 0.4) is 0 Å². The van der Waals surface area contributed by atoms with E-state index in [9.17, 15) is 17.3 Å². The monoisotopic (exact) mass is 2090 g/mol. The van der Waals surface area contributed by atoms with Crippen molar-refractivity contribution in [3.8, 4) is 91.9 Å². The van der Waals surface area contributed by atoms with E-state index in [2.05, 4.69) is 360 Å². The first-order valence-corrected chi connectivity index (χ1v) is 50.9. The zero-order chi connectivity index (χ0) is 103. The molecule has 0 radical (unpaired) electrons. The van der Waals surface area contributed by atoms with Crippen LogP contribution in [0.4, 0.5) is 17.3 Å². The number of aromatic nitrogens is 8. The zero-order valence-corrected chi connectivity index (χ0v) is 91.2. The van der Waals surface area contributed by atoms with Gasteiger partial charge in [0.05, 0.1) is 56.6 Å². The van der Waals surface area contributed by atoms with Crippen molar-refractivity contribution in [3.63, 3.8) is 0 Å². The van der Waals surface area contributed by atoms with Gasteiger partial charge in [-0.05, 0) is 360 Å². The van der Waals surface area contributed by atoms with Gasteiger partial charge >= 0.3 is 29.6 Å². The molecule has 8 nitrogen and oxygen atoms in total. The first kappa shape index (κ1) is 105. The van der Waals surface area contributed by atoms with E-state index in [1.807, 2.05) is 72.8 Å². The summed E-state index contributed by atoms with van der Waals surface area (Å²) in [6.45, 7) is 64.1. The van der Waals surface area contributed by atoms with Gasteiger partial charge in [-0.25, -0.2) is 19.9 Å². The van der Waals surface area contributed by atoms with Crippen LogP contribution in [0, 0.1) is 75.1 Å². The number of aryl methyl sites for hydroxylation is 8. The maximum absolute atomic E-state index is 9.75. The van der Waals surface area contributed by atoms with Crippen molar-refractivity contribution in [2.75, 3.05) is 0 Å².